The third-order valence-corrected chi connectivity index (χ3v) is 5.56. The second-order valence-corrected chi connectivity index (χ2v) is 7.75. The van der Waals surface area contributed by atoms with Crippen LogP contribution in [0.25, 0.3) is 10.8 Å². The monoisotopic (exact) mass is 436 g/mol. The number of hydrogen-bond donors (Lipinski definition) is 3. The summed E-state index contributed by atoms with van der Waals surface area (Å²) < 4.78 is 4.22. The van der Waals surface area contributed by atoms with Gasteiger partial charge in [-0.15, -0.1) is 0 Å². The molecular weight excluding hydrogens is 420 g/mol. The maximum Gasteiger partial charge on any atom is 0.324 e. The zero-order valence-electron chi connectivity index (χ0n) is 15.9. The number of anilines is 3. The molecule has 0 unspecified atom stereocenters. The van der Waals surface area contributed by atoms with E-state index >= 15 is 0 Å². The Bertz CT molecular complexity index is 1230. The molecule has 0 atom stereocenters. The molecule has 4 aromatic rings. The minimum absolute atomic E-state index is 0.322. The second kappa shape index (κ2) is 8.52. The van der Waals surface area contributed by atoms with Gasteiger partial charge in [0.1, 0.15) is 5.00 Å². The predicted molar refractivity (Wildman–Crippen MR) is 123 cm³/mol. The molecule has 1 heterocycles. The molecule has 0 aliphatic carbocycles. The third kappa shape index (κ3) is 4.27. The summed E-state index contributed by atoms with van der Waals surface area (Å²) in [6.07, 6.45) is 0. The molecule has 1 aromatic heterocycles. The van der Waals surface area contributed by atoms with Gasteiger partial charge in [0.05, 0.1) is 16.9 Å². The first-order chi connectivity index (χ1) is 14.5. The maximum absolute atomic E-state index is 12.8. The number of nitrogens with zero attached hydrogens (tertiary/aromatic N) is 1. The Hall–Kier alpha value is -3.42. The number of hydrogen-bond acceptors (Lipinski definition) is 4. The van der Waals surface area contributed by atoms with Gasteiger partial charge in [0.2, 0.25) is 0 Å². The largest absolute Gasteiger partial charge is 0.324 e. The number of aryl methyl sites for hydroxylation is 1. The molecule has 4 rings (SSSR count). The highest BCUT2D eigenvalue weighted by Crippen LogP contribution is 2.27. The molecule has 150 valence electrons. The molecule has 0 radical (unpaired) electrons. The zero-order chi connectivity index (χ0) is 21.1. The SMILES string of the molecule is Cc1nsc(NC(=O)Nc2cccc3ccccc23)c1C(=O)Nc1ccc(Cl)cc1. The molecule has 0 aliphatic heterocycles. The van der Waals surface area contributed by atoms with Crippen molar-refractivity contribution in [3.8, 4) is 0 Å². The predicted octanol–water partition coefficient (Wildman–Crippen LogP) is 6.15. The van der Waals surface area contributed by atoms with Crippen LogP contribution in [-0.2, 0) is 0 Å². The Morgan fingerprint density at radius 3 is 2.43 bits per heavy atom. The Kier molecular flexibility index (Phi) is 5.65. The molecule has 30 heavy (non-hydrogen) atoms. The summed E-state index contributed by atoms with van der Waals surface area (Å²) in [6, 6.07) is 19.8. The van der Waals surface area contributed by atoms with Gasteiger partial charge in [-0.3, -0.25) is 10.1 Å². The van der Waals surface area contributed by atoms with Crippen LogP contribution >= 0.6 is 23.1 Å². The molecule has 0 bridgehead atoms. The van der Waals surface area contributed by atoms with Crippen molar-refractivity contribution >= 4 is 62.2 Å². The fourth-order valence-corrected chi connectivity index (χ4v) is 3.96. The van der Waals surface area contributed by atoms with Gasteiger partial charge in [-0.05, 0) is 54.2 Å². The van der Waals surface area contributed by atoms with Crippen LogP contribution in [0.1, 0.15) is 16.1 Å². The zero-order valence-corrected chi connectivity index (χ0v) is 17.5. The van der Waals surface area contributed by atoms with E-state index in [1.165, 1.54) is 0 Å². The molecule has 0 aliphatic rings. The van der Waals surface area contributed by atoms with Gasteiger partial charge in [-0.1, -0.05) is 48.0 Å². The molecule has 0 saturated heterocycles. The van der Waals surface area contributed by atoms with Crippen LogP contribution < -0.4 is 16.0 Å². The van der Waals surface area contributed by atoms with Crippen LogP contribution in [0.3, 0.4) is 0 Å². The molecule has 0 saturated carbocycles. The standard InChI is InChI=1S/C22H17ClN4O2S/c1-13-19(20(28)24-16-11-9-15(23)10-12-16)21(30-27-13)26-22(29)25-18-8-4-6-14-5-2-3-7-17(14)18/h2-12H,1H3,(H,24,28)(H2,25,26,29). The highest BCUT2D eigenvalue weighted by Gasteiger charge is 2.20. The average Bonchev–Trinajstić information content (AvgIpc) is 3.10. The van der Waals surface area contributed by atoms with Crippen LogP contribution in [-0.4, -0.2) is 16.3 Å². The van der Waals surface area contributed by atoms with Crippen LogP contribution in [0.15, 0.2) is 66.7 Å². The minimum Gasteiger partial charge on any atom is -0.322 e. The van der Waals surface area contributed by atoms with Crippen LogP contribution in [0.2, 0.25) is 5.02 Å². The lowest BCUT2D eigenvalue weighted by atomic mass is 10.1. The van der Waals surface area contributed by atoms with Crippen molar-refractivity contribution in [2.75, 3.05) is 16.0 Å². The van der Waals surface area contributed by atoms with E-state index < -0.39 is 6.03 Å². The number of amides is 3. The Morgan fingerprint density at radius 2 is 1.63 bits per heavy atom. The molecule has 8 heteroatoms. The first kappa shape index (κ1) is 19.9. The van der Waals surface area contributed by atoms with Crippen molar-refractivity contribution in [3.05, 3.63) is 83.0 Å². The van der Waals surface area contributed by atoms with E-state index in [-0.39, 0.29) is 5.91 Å². The minimum atomic E-state index is -0.449. The lowest BCUT2D eigenvalue weighted by Crippen LogP contribution is -2.21. The summed E-state index contributed by atoms with van der Waals surface area (Å²) >= 11 is 6.94. The lowest BCUT2D eigenvalue weighted by Gasteiger charge is -2.11. The van der Waals surface area contributed by atoms with Gasteiger partial charge < -0.3 is 10.6 Å². The summed E-state index contributed by atoms with van der Waals surface area (Å²) in [5, 5.41) is 11.3. The number of carbonyl (C=O) groups excluding carboxylic acids is 2. The number of carbonyl (C=O) groups is 2. The summed E-state index contributed by atoms with van der Waals surface area (Å²) in [5.74, 6) is -0.357. The van der Waals surface area contributed by atoms with Crippen molar-refractivity contribution in [3.63, 3.8) is 0 Å². The summed E-state index contributed by atoms with van der Waals surface area (Å²) in [6.45, 7) is 1.72. The molecule has 3 amide bonds. The fourth-order valence-electron chi connectivity index (χ4n) is 3.04. The smallest absolute Gasteiger partial charge is 0.322 e. The first-order valence-corrected chi connectivity index (χ1v) is 10.3. The fraction of sp³-hybridized carbons (Fsp3) is 0.0455. The molecule has 6 nitrogen and oxygen atoms in total. The number of rotatable bonds is 4. The van der Waals surface area contributed by atoms with E-state index in [9.17, 15) is 9.59 Å². The van der Waals surface area contributed by atoms with E-state index in [1.54, 1.807) is 31.2 Å². The van der Waals surface area contributed by atoms with Crippen LogP contribution in [0.4, 0.5) is 21.2 Å². The topological polar surface area (TPSA) is 83.1 Å². The molecular formula is C22H17ClN4O2S. The van der Waals surface area contributed by atoms with Crippen molar-refractivity contribution in [2.45, 2.75) is 6.92 Å². The van der Waals surface area contributed by atoms with Gasteiger partial charge >= 0.3 is 6.03 Å². The van der Waals surface area contributed by atoms with E-state index in [0.717, 1.165) is 22.3 Å². The number of urea groups is 1. The quantitative estimate of drug-likeness (QED) is 0.358. The summed E-state index contributed by atoms with van der Waals surface area (Å²) in [4.78, 5) is 25.4. The lowest BCUT2D eigenvalue weighted by molar-refractivity contribution is 0.102. The van der Waals surface area contributed by atoms with E-state index in [0.29, 0.717) is 32.7 Å². The average molecular weight is 437 g/mol. The molecule has 0 spiro atoms. The van der Waals surface area contributed by atoms with Crippen molar-refractivity contribution in [2.24, 2.45) is 0 Å². The van der Waals surface area contributed by atoms with Gasteiger partial charge in [0, 0.05) is 16.1 Å². The summed E-state index contributed by atoms with van der Waals surface area (Å²) in [7, 11) is 0. The number of halogens is 1. The van der Waals surface area contributed by atoms with Crippen LogP contribution in [0, 0.1) is 6.92 Å². The van der Waals surface area contributed by atoms with Crippen molar-refractivity contribution < 1.29 is 9.59 Å². The van der Waals surface area contributed by atoms with Crippen LogP contribution in [0.5, 0.6) is 0 Å². The summed E-state index contributed by atoms with van der Waals surface area (Å²) in [5.41, 5.74) is 2.13. The highest BCUT2D eigenvalue weighted by molar-refractivity contribution is 7.11. The van der Waals surface area contributed by atoms with E-state index in [4.69, 9.17) is 11.6 Å². The highest BCUT2D eigenvalue weighted by atomic mass is 35.5. The third-order valence-electron chi connectivity index (χ3n) is 4.46. The maximum atomic E-state index is 12.8. The van der Waals surface area contributed by atoms with Crippen molar-refractivity contribution in [1.82, 2.24) is 4.37 Å². The molecule has 3 N–H and O–H groups in total. The van der Waals surface area contributed by atoms with E-state index in [1.807, 2.05) is 42.5 Å². The van der Waals surface area contributed by atoms with E-state index in [2.05, 4.69) is 20.3 Å². The second-order valence-electron chi connectivity index (χ2n) is 6.54. The van der Waals surface area contributed by atoms with Gasteiger partial charge in [0.15, 0.2) is 0 Å². The van der Waals surface area contributed by atoms with Gasteiger partial charge in [-0.25, -0.2) is 4.79 Å². The normalized spacial score (nSPS) is 10.6. The molecule has 0 fully saturated rings. The number of nitrogens with one attached hydrogen (secondary N) is 3. The Labute approximate surface area is 182 Å². The van der Waals surface area contributed by atoms with Crippen molar-refractivity contribution in [1.29, 1.82) is 0 Å². The Morgan fingerprint density at radius 1 is 0.900 bits per heavy atom. The van der Waals surface area contributed by atoms with Gasteiger partial charge in [-0.2, -0.15) is 4.37 Å². The first-order valence-electron chi connectivity index (χ1n) is 9.10. The Balaban J connectivity index is 1.51. The number of fused-ring (bicyclic) bond motifs is 1. The molecule has 3 aromatic carbocycles. The van der Waals surface area contributed by atoms with Gasteiger partial charge in [0.25, 0.3) is 5.91 Å². The number of aromatic nitrogens is 1. The number of benzene rings is 3.